The second kappa shape index (κ2) is 7.77. The van der Waals surface area contributed by atoms with Crippen molar-refractivity contribution in [2.45, 2.75) is 84.0 Å². The van der Waals surface area contributed by atoms with Crippen molar-refractivity contribution < 1.29 is 0 Å². The van der Waals surface area contributed by atoms with Gasteiger partial charge in [-0.3, -0.25) is 4.90 Å². The van der Waals surface area contributed by atoms with Crippen LogP contribution in [-0.2, 0) is 0 Å². The molecule has 2 saturated heterocycles. The van der Waals surface area contributed by atoms with Crippen molar-refractivity contribution in [3.63, 3.8) is 0 Å². The fourth-order valence-electron chi connectivity index (χ4n) is 3.94. The molecule has 2 fully saturated rings. The van der Waals surface area contributed by atoms with Crippen LogP contribution in [0.1, 0.15) is 59.8 Å². The van der Waals surface area contributed by atoms with E-state index in [2.05, 4.69) is 42.8 Å². The van der Waals surface area contributed by atoms with Crippen LogP contribution in [0.3, 0.4) is 0 Å². The first-order chi connectivity index (χ1) is 9.65. The molecule has 1 N–H and O–H groups in total. The van der Waals surface area contributed by atoms with E-state index in [9.17, 15) is 0 Å². The Kier molecular flexibility index (Phi) is 6.31. The molecule has 0 amide bonds. The van der Waals surface area contributed by atoms with E-state index in [0.29, 0.717) is 12.1 Å². The van der Waals surface area contributed by atoms with E-state index in [-0.39, 0.29) is 0 Å². The number of hydrogen-bond acceptors (Lipinski definition) is 3. The van der Waals surface area contributed by atoms with Crippen molar-refractivity contribution in [1.29, 1.82) is 0 Å². The number of rotatable bonds is 4. The summed E-state index contributed by atoms with van der Waals surface area (Å²) < 4.78 is 0. The van der Waals surface area contributed by atoms with Crippen LogP contribution in [0.4, 0.5) is 0 Å². The Morgan fingerprint density at radius 1 is 1.10 bits per heavy atom. The molecule has 3 heteroatoms. The van der Waals surface area contributed by atoms with E-state index in [1.165, 1.54) is 58.3 Å². The summed E-state index contributed by atoms with van der Waals surface area (Å²) in [7, 11) is 0. The number of nitrogens with one attached hydrogen (secondary N) is 1. The summed E-state index contributed by atoms with van der Waals surface area (Å²) in [4.78, 5) is 5.52. The van der Waals surface area contributed by atoms with Crippen LogP contribution in [0, 0.1) is 0 Å². The predicted octanol–water partition coefficient (Wildman–Crippen LogP) is 2.71. The summed E-state index contributed by atoms with van der Waals surface area (Å²) in [5.41, 5.74) is 0. The molecule has 3 unspecified atom stereocenters. The Morgan fingerprint density at radius 3 is 2.55 bits per heavy atom. The fourth-order valence-corrected chi connectivity index (χ4v) is 3.94. The van der Waals surface area contributed by atoms with E-state index in [0.717, 1.165) is 12.1 Å². The standard InChI is InChI=1S/C17H35N3/c1-5-15-13-20(16(6-2)12-18-15)17-8-7-10-19(11-9-17)14(3)4/h14-18H,5-13H2,1-4H3. The van der Waals surface area contributed by atoms with Gasteiger partial charge in [-0.2, -0.15) is 0 Å². The zero-order valence-electron chi connectivity index (χ0n) is 14.1. The van der Waals surface area contributed by atoms with E-state index in [1.807, 2.05) is 0 Å². The van der Waals surface area contributed by atoms with Gasteiger partial charge in [-0.15, -0.1) is 0 Å². The summed E-state index contributed by atoms with van der Waals surface area (Å²) in [5, 5.41) is 3.73. The van der Waals surface area contributed by atoms with Crippen molar-refractivity contribution in [2.75, 3.05) is 26.2 Å². The quantitative estimate of drug-likeness (QED) is 0.855. The lowest BCUT2D eigenvalue weighted by Crippen LogP contribution is -2.59. The minimum Gasteiger partial charge on any atom is -0.311 e. The highest BCUT2D eigenvalue weighted by molar-refractivity contribution is 4.90. The Bertz CT molecular complexity index is 279. The van der Waals surface area contributed by atoms with E-state index < -0.39 is 0 Å². The zero-order valence-corrected chi connectivity index (χ0v) is 14.1. The van der Waals surface area contributed by atoms with Gasteiger partial charge in [0, 0.05) is 37.3 Å². The number of piperazine rings is 1. The van der Waals surface area contributed by atoms with Crippen molar-refractivity contribution in [3.8, 4) is 0 Å². The second-order valence-corrected chi connectivity index (χ2v) is 6.99. The lowest BCUT2D eigenvalue weighted by Gasteiger charge is -2.44. The lowest BCUT2D eigenvalue weighted by molar-refractivity contribution is 0.0691. The monoisotopic (exact) mass is 281 g/mol. The second-order valence-electron chi connectivity index (χ2n) is 6.99. The molecule has 0 aromatic rings. The van der Waals surface area contributed by atoms with Crippen LogP contribution >= 0.6 is 0 Å². The first-order valence-electron chi connectivity index (χ1n) is 8.88. The molecular weight excluding hydrogens is 246 g/mol. The number of nitrogens with zero attached hydrogens (tertiary/aromatic N) is 2. The topological polar surface area (TPSA) is 18.5 Å². The van der Waals surface area contributed by atoms with Gasteiger partial charge in [-0.1, -0.05) is 13.8 Å². The molecule has 0 aromatic heterocycles. The van der Waals surface area contributed by atoms with Gasteiger partial charge in [0.1, 0.15) is 0 Å². The molecule has 2 heterocycles. The van der Waals surface area contributed by atoms with Crippen LogP contribution in [0.25, 0.3) is 0 Å². The first kappa shape index (κ1) is 16.3. The molecule has 2 aliphatic heterocycles. The molecule has 0 aromatic carbocycles. The molecule has 2 rings (SSSR count). The smallest absolute Gasteiger partial charge is 0.0221 e. The van der Waals surface area contributed by atoms with E-state index in [1.54, 1.807) is 0 Å². The molecular formula is C17H35N3. The average molecular weight is 281 g/mol. The molecule has 0 radical (unpaired) electrons. The Hall–Kier alpha value is -0.120. The van der Waals surface area contributed by atoms with Gasteiger partial charge in [0.2, 0.25) is 0 Å². The van der Waals surface area contributed by atoms with Gasteiger partial charge in [0.15, 0.2) is 0 Å². The molecule has 20 heavy (non-hydrogen) atoms. The van der Waals surface area contributed by atoms with Crippen molar-refractivity contribution >= 4 is 0 Å². The Labute approximate surface area is 126 Å². The highest BCUT2D eigenvalue weighted by atomic mass is 15.3. The van der Waals surface area contributed by atoms with Gasteiger partial charge < -0.3 is 10.2 Å². The Balaban J connectivity index is 1.96. The van der Waals surface area contributed by atoms with Crippen LogP contribution in [0.15, 0.2) is 0 Å². The van der Waals surface area contributed by atoms with E-state index >= 15 is 0 Å². The fraction of sp³-hybridized carbons (Fsp3) is 1.00. The normalized spacial score (nSPS) is 34.4. The molecule has 0 saturated carbocycles. The molecule has 3 atom stereocenters. The molecule has 0 aliphatic carbocycles. The van der Waals surface area contributed by atoms with Crippen molar-refractivity contribution in [1.82, 2.24) is 15.1 Å². The highest BCUT2D eigenvalue weighted by Crippen LogP contribution is 2.23. The van der Waals surface area contributed by atoms with Crippen LogP contribution in [0.5, 0.6) is 0 Å². The largest absolute Gasteiger partial charge is 0.311 e. The third-order valence-electron chi connectivity index (χ3n) is 5.44. The third kappa shape index (κ3) is 3.96. The van der Waals surface area contributed by atoms with Gasteiger partial charge in [-0.05, 0) is 59.0 Å². The summed E-state index contributed by atoms with van der Waals surface area (Å²) in [6.07, 6.45) is 6.69. The van der Waals surface area contributed by atoms with Gasteiger partial charge in [-0.25, -0.2) is 0 Å². The SMILES string of the molecule is CCC1CN(C2CCCN(C(C)C)CC2)C(CC)CN1. The molecule has 0 spiro atoms. The minimum atomic E-state index is 0.710. The van der Waals surface area contributed by atoms with Gasteiger partial charge in [0.05, 0.1) is 0 Å². The number of likely N-dealkylation sites (tertiary alicyclic amines) is 1. The lowest BCUT2D eigenvalue weighted by atomic mass is 9.98. The van der Waals surface area contributed by atoms with Crippen LogP contribution in [0.2, 0.25) is 0 Å². The van der Waals surface area contributed by atoms with E-state index in [4.69, 9.17) is 0 Å². The minimum absolute atomic E-state index is 0.710. The Morgan fingerprint density at radius 2 is 1.90 bits per heavy atom. The molecule has 0 bridgehead atoms. The number of hydrogen-bond donors (Lipinski definition) is 1. The zero-order chi connectivity index (χ0) is 14.5. The van der Waals surface area contributed by atoms with Crippen molar-refractivity contribution in [3.05, 3.63) is 0 Å². The van der Waals surface area contributed by atoms with Gasteiger partial charge >= 0.3 is 0 Å². The van der Waals surface area contributed by atoms with Crippen LogP contribution in [-0.4, -0.2) is 60.1 Å². The third-order valence-corrected chi connectivity index (χ3v) is 5.44. The maximum Gasteiger partial charge on any atom is 0.0221 e. The summed E-state index contributed by atoms with van der Waals surface area (Å²) in [5.74, 6) is 0. The van der Waals surface area contributed by atoms with Crippen LogP contribution < -0.4 is 5.32 Å². The first-order valence-corrected chi connectivity index (χ1v) is 8.88. The summed E-state index contributed by atoms with van der Waals surface area (Å²) in [6, 6.07) is 3.00. The molecule has 118 valence electrons. The maximum atomic E-state index is 3.73. The predicted molar refractivity (Wildman–Crippen MR) is 87.2 cm³/mol. The summed E-state index contributed by atoms with van der Waals surface area (Å²) >= 11 is 0. The molecule has 2 aliphatic rings. The molecule has 3 nitrogen and oxygen atoms in total. The highest BCUT2D eigenvalue weighted by Gasteiger charge is 2.32. The summed E-state index contributed by atoms with van der Waals surface area (Å²) in [6.45, 7) is 14.4. The van der Waals surface area contributed by atoms with Crippen molar-refractivity contribution in [2.24, 2.45) is 0 Å². The van der Waals surface area contributed by atoms with Gasteiger partial charge in [0.25, 0.3) is 0 Å². The average Bonchev–Trinajstić information content (AvgIpc) is 2.72. The maximum absolute atomic E-state index is 3.73.